The lowest BCUT2D eigenvalue weighted by atomic mass is 10.0. The number of hydrogen-bond donors (Lipinski definition) is 1. The Morgan fingerprint density at radius 2 is 1.48 bits per heavy atom. The van der Waals surface area contributed by atoms with Crippen molar-refractivity contribution in [3.05, 3.63) is 66.2 Å². The second-order valence-corrected chi connectivity index (χ2v) is 7.62. The lowest BCUT2D eigenvalue weighted by Crippen LogP contribution is -2.47. The van der Waals surface area contributed by atoms with E-state index in [4.69, 9.17) is 5.11 Å². The molecule has 6 nitrogen and oxygen atoms in total. The molecule has 1 heterocycles. The number of aliphatic carboxylic acids is 1. The smallest absolute Gasteiger partial charge is 0.371 e. The average molecular weight is 425 g/mol. The predicted octanol–water partition coefficient (Wildman–Crippen LogP) is 3.80. The number of carboxylic acid groups (broad SMARTS) is 1. The molecule has 0 aromatic heterocycles. The highest BCUT2D eigenvalue weighted by molar-refractivity contribution is 6.31. The van der Waals surface area contributed by atoms with Crippen molar-refractivity contribution < 1.29 is 19.5 Å². The van der Waals surface area contributed by atoms with E-state index in [1.54, 1.807) is 0 Å². The summed E-state index contributed by atoms with van der Waals surface area (Å²) in [5.41, 5.74) is 2.44. The zero-order chi connectivity index (χ0) is 22.6. The predicted molar refractivity (Wildman–Crippen MR) is 122 cm³/mol. The second kappa shape index (κ2) is 12.6. The van der Waals surface area contributed by atoms with Gasteiger partial charge in [0.15, 0.2) is 0 Å². The second-order valence-electron chi connectivity index (χ2n) is 7.62. The minimum Gasteiger partial charge on any atom is -0.476 e. The van der Waals surface area contributed by atoms with Crippen LogP contribution in [0.15, 0.2) is 60.7 Å². The van der Waals surface area contributed by atoms with E-state index < -0.39 is 11.8 Å². The van der Waals surface area contributed by atoms with E-state index in [1.165, 1.54) is 5.56 Å². The number of carbonyl (C=O) groups excluding carboxylic acids is 2. The first kappa shape index (κ1) is 24.3. The van der Waals surface area contributed by atoms with Crippen LogP contribution in [0.1, 0.15) is 38.7 Å². The molecule has 0 saturated carbocycles. The molecule has 1 aliphatic rings. The Balaban J connectivity index is 0.000000501. The fourth-order valence-corrected chi connectivity index (χ4v) is 3.65. The van der Waals surface area contributed by atoms with Crippen LogP contribution < -0.4 is 4.90 Å². The van der Waals surface area contributed by atoms with Gasteiger partial charge in [0, 0.05) is 44.7 Å². The van der Waals surface area contributed by atoms with E-state index >= 15 is 0 Å². The number of Topliss-reactive ketones (excluding diaryl/α,β-unsaturated/α-hetero) is 1. The number of rotatable bonds is 7. The maximum absolute atomic E-state index is 12.5. The number of benzene rings is 2. The van der Waals surface area contributed by atoms with Crippen LogP contribution in [0, 0.1) is 0 Å². The monoisotopic (exact) mass is 424 g/mol. The Morgan fingerprint density at radius 1 is 0.968 bits per heavy atom. The summed E-state index contributed by atoms with van der Waals surface area (Å²) in [6, 6.07) is 21.1. The van der Waals surface area contributed by atoms with Crippen LogP contribution in [-0.4, -0.2) is 53.3 Å². The number of carbonyl (C=O) groups is 3. The summed E-state index contributed by atoms with van der Waals surface area (Å²) in [5, 5.41) is 7.64. The minimum absolute atomic E-state index is 0.230. The van der Waals surface area contributed by atoms with Crippen molar-refractivity contribution in [1.29, 1.82) is 0 Å². The van der Waals surface area contributed by atoms with Crippen molar-refractivity contribution >= 4 is 23.3 Å². The van der Waals surface area contributed by atoms with Gasteiger partial charge in [-0.1, -0.05) is 55.5 Å². The van der Waals surface area contributed by atoms with Gasteiger partial charge in [-0.05, 0) is 37.0 Å². The molecule has 0 unspecified atom stereocenters. The molecule has 2 aromatic rings. The van der Waals surface area contributed by atoms with Gasteiger partial charge in [-0.25, -0.2) is 4.79 Å². The van der Waals surface area contributed by atoms with Crippen molar-refractivity contribution in [3.63, 3.8) is 0 Å². The highest BCUT2D eigenvalue weighted by atomic mass is 16.4. The number of nitrogens with zero attached hydrogens (tertiary/aromatic N) is 2. The summed E-state index contributed by atoms with van der Waals surface area (Å²) in [7, 11) is 0. The molecule has 3 rings (SSSR count). The Hall–Kier alpha value is -2.99. The number of ketones is 1. The molecule has 1 fully saturated rings. The first-order chi connectivity index (χ1) is 14.9. The van der Waals surface area contributed by atoms with Gasteiger partial charge >= 0.3 is 5.97 Å². The van der Waals surface area contributed by atoms with Crippen molar-refractivity contribution in [2.45, 2.75) is 45.6 Å². The van der Waals surface area contributed by atoms with Gasteiger partial charge in [-0.3, -0.25) is 9.59 Å². The van der Waals surface area contributed by atoms with Crippen LogP contribution in [0.5, 0.6) is 0 Å². The summed E-state index contributed by atoms with van der Waals surface area (Å²) in [6.07, 6.45) is 3.76. The van der Waals surface area contributed by atoms with E-state index in [-0.39, 0.29) is 5.91 Å². The first-order valence-corrected chi connectivity index (χ1v) is 10.8. The number of carboxylic acids is 1. The van der Waals surface area contributed by atoms with E-state index in [2.05, 4.69) is 47.4 Å². The number of piperidine rings is 1. The molecule has 2 aromatic carbocycles. The van der Waals surface area contributed by atoms with Crippen LogP contribution >= 0.6 is 0 Å². The van der Waals surface area contributed by atoms with E-state index in [1.807, 2.05) is 30.0 Å². The topological polar surface area (TPSA) is 77.9 Å². The third-order valence-corrected chi connectivity index (χ3v) is 5.39. The van der Waals surface area contributed by atoms with Gasteiger partial charge in [-0.15, -0.1) is 0 Å². The molecule has 166 valence electrons. The standard InChI is InChI=1S/C22H28N2O.C3H4O3/c1-2-22(25)24(20-11-7-4-8-12-20)21-14-17-23(18-15-21)16-13-19-9-5-3-6-10-19;1-2(4)3(5)6/h3-12,21H,2,13-18H2,1H3;1H3,(H,5,6). The lowest BCUT2D eigenvalue weighted by Gasteiger charge is -2.38. The Kier molecular flexibility index (Phi) is 9.91. The van der Waals surface area contributed by atoms with E-state index in [9.17, 15) is 14.4 Å². The SMILES string of the molecule is CC(=O)C(=O)O.CCC(=O)N(c1ccccc1)C1CCN(CCc2ccccc2)CC1. The molecule has 1 aliphatic heterocycles. The molecule has 6 heteroatoms. The number of likely N-dealkylation sites (tertiary alicyclic amines) is 1. The highest BCUT2D eigenvalue weighted by Crippen LogP contribution is 2.24. The van der Waals surface area contributed by atoms with Crippen LogP contribution in [0.4, 0.5) is 5.69 Å². The third kappa shape index (κ3) is 7.98. The van der Waals surface area contributed by atoms with Gasteiger partial charge in [0.05, 0.1) is 0 Å². The van der Waals surface area contributed by atoms with Crippen molar-refractivity contribution in [1.82, 2.24) is 4.90 Å². The normalized spacial score (nSPS) is 14.3. The van der Waals surface area contributed by atoms with Gasteiger partial charge in [-0.2, -0.15) is 0 Å². The number of anilines is 1. The molecule has 0 radical (unpaired) electrons. The largest absolute Gasteiger partial charge is 0.476 e. The molecule has 1 N–H and O–H groups in total. The van der Waals surface area contributed by atoms with Crippen molar-refractivity contribution in [2.75, 3.05) is 24.5 Å². The molecule has 0 spiro atoms. The summed E-state index contributed by atoms with van der Waals surface area (Å²) in [4.78, 5) is 36.0. The fraction of sp³-hybridized carbons (Fsp3) is 0.400. The third-order valence-electron chi connectivity index (χ3n) is 5.39. The molecular formula is C25H32N2O4. The molecule has 0 atom stereocenters. The lowest BCUT2D eigenvalue weighted by molar-refractivity contribution is -0.148. The first-order valence-electron chi connectivity index (χ1n) is 10.8. The number of amides is 1. The van der Waals surface area contributed by atoms with Crippen LogP contribution in [-0.2, 0) is 20.8 Å². The van der Waals surface area contributed by atoms with Crippen molar-refractivity contribution in [3.8, 4) is 0 Å². The maximum Gasteiger partial charge on any atom is 0.371 e. The maximum atomic E-state index is 12.5. The summed E-state index contributed by atoms with van der Waals surface area (Å²) in [6.45, 7) is 6.19. The summed E-state index contributed by atoms with van der Waals surface area (Å²) in [5.74, 6) is -1.97. The fourth-order valence-electron chi connectivity index (χ4n) is 3.65. The number of hydrogen-bond acceptors (Lipinski definition) is 4. The Labute approximate surface area is 184 Å². The van der Waals surface area contributed by atoms with Crippen LogP contribution in [0.2, 0.25) is 0 Å². The molecule has 1 saturated heterocycles. The zero-order valence-electron chi connectivity index (χ0n) is 18.4. The molecular weight excluding hydrogens is 392 g/mol. The highest BCUT2D eigenvalue weighted by Gasteiger charge is 2.28. The molecule has 0 aliphatic carbocycles. The van der Waals surface area contributed by atoms with Crippen LogP contribution in [0.25, 0.3) is 0 Å². The molecule has 0 bridgehead atoms. The summed E-state index contributed by atoms with van der Waals surface area (Å²) >= 11 is 0. The average Bonchev–Trinajstić information content (AvgIpc) is 2.80. The molecule has 1 amide bonds. The quantitative estimate of drug-likeness (QED) is 0.684. The van der Waals surface area contributed by atoms with Gasteiger partial charge in [0.25, 0.3) is 0 Å². The Bertz CT molecular complexity index is 819. The summed E-state index contributed by atoms with van der Waals surface area (Å²) < 4.78 is 0. The zero-order valence-corrected chi connectivity index (χ0v) is 18.4. The van der Waals surface area contributed by atoms with Crippen LogP contribution in [0.3, 0.4) is 0 Å². The van der Waals surface area contributed by atoms with Crippen molar-refractivity contribution in [2.24, 2.45) is 0 Å². The Morgan fingerprint density at radius 3 is 1.97 bits per heavy atom. The van der Waals surface area contributed by atoms with E-state index in [0.717, 1.165) is 51.5 Å². The minimum atomic E-state index is -1.38. The van der Waals surface area contributed by atoms with Gasteiger partial charge < -0.3 is 14.9 Å². The van der Waals surface area contributed by atoms with Gasteiger partial charge in [0.2, 0.25) is 11.7 Å². The number of para-hydroxylation sites is 1. The van der Waals surface area contributed by atoms with Gasteiger partial charge in [0.1, 0.15) is 0 Å². The molecule has 31 heavy (non-hydrogen) atoms. The van der Waals surface area contributed by atoms with E-state index in [0.29, 0.717) is 12.5 Å².